The molecule has 0 bridgehead atoms. The number of pyridine rings is 1. The number of aromatic nitrogens is 1. The molecule has 1 N–H and O–H groups in total. The van der Waals surface area contributed by atoms with Crippen LogP contribution in [0.4, 0.5) is 13.2 Å². The first-order chi connectivity index (χ1) is 14.7. The van der Waals surface area contributed by atoms with Crippen molar-refractivity contribution in [3.63, 3.8) is 0 Å². The Morgan fingerprint density at radius 1 is 1.06 bits per heavy atom. The third-order valence-electron chi connectivity index (χ3n) is 4.42. The molecule has 1 aromatic carbocycles. The van der Waals surface area contributed by atoms with Gasteiger partial charge in [-0.15, -0.1) is 0 Å². The Morgan fingerprint density at radius 2 is 1.74 bits per heavy atom. The molecular weight excluding hydrogens is 413 g/mol. The standard InChI is InChI=1S/C22H25F3N2O4/c1-3-15-5-8-17(26-14-15)11-12-31-18-9-6-16(7-10-18)13-19(20(28)30-4-2)27-21(29)22(23,24)25/h5-10,14,19H,3-4,11-13H2,1-2H3,(H,27,29). The lowest BCUT2D eigenvalue weighted by Crippen LogP contribution is -2.48. The molecule has 0 saturated heterocycles. The van der Waals surface area contributed by atoms with Crippen LogP contribution in [0.2, 0.25) is 0 Å². The van der Waals surface area contributed by atoms with E-state index in [9.17, 15) is 22.8 Å². The molecule has 2 rings (SSSR count). The van der Waals surface area contributed by atoms with E-state index in [2.05, 4.69) is 11.9 Å². The Morgan fingerprint density at radius 3 is 2.29 bits per heavy atom. The number of ether oxygens (including phenoxy) is 2. The number of rotatable bonds is 10. The highest BCUT2D eigenvalue weighted by Crippen LogP contribution is 2.17. The van der Waals surface area contributed by atoms with E-state index >= 15 is 0 Å². The average Bonchev–Trinajstić information content (AvgIpc) is 2.74. The van der Waals surface area contributed by atoms with Gasteiger partial charge in [-0.05, 0) is 42.7 Å². The van der Waals surface area contributed by atoms with Gasteiger partial charge in [0, 0.05) is 24.7 Å². The Labute approximate surface area is 178 Å². The number of nitrogens with one attached hydrogen (secondary N) is 1. The maximum Gasteiger partial charge on any atom is 0.471 e. The number of hydrogen-bond donors (Lipinski definition) is 1. The molecule has 31 heavy (non-hydrogen) atoms. The molecule has 1 aromatic heterocycles. The van der Waals surface area contributed by atoms with E-state index in [1.165, 1.54) is 6.92 Å². The van der Waals surface area contributed by atoms with Crippen LogP contribution in [0.3, 0.4) is 0 Å². The Hall–Kier alpha value is -3.10. The van der Waals surface area contributed by atoms with Gasteiger partial charge in [0.15, 0.2) is 0 Å². The van der Waals surface area contributed by atoms with Crippen molar-refractivity contribution in [2.45, 2.75) is 45.3 Å². The fourth-order valence-electron chi connectivity index (χ4n) is 2.72. The largest absolute Gasteiger partial charge is 0.493 e. The highest BCUT2D eigenvalue weighted by atomic mass is 19.4. The van der Waals surface area contributed by atoms with Gasteiger partial charge < -0.3 is 14.8 Å². The van der Waals surface area contributed by atoms with E-state index < -0.39 is 24.1 Å². The SMILES string of the molecule is CCOC(=O)C(Cc1ccc(OCCc2ccc(CC)cn2)cc1)NC(=O)C(F)(F)F. The average molecular weight is 438 g/mol. The number of amides is 1. The predicted octanol–water partition coefficient (Wildman–Crippen LogP) is 3.42. The molecule has 0 fully saturated rings. The molecular formula is C22H25F3N2O4. The molecule has 1 heterocycles. The van der Waals surface area contributed by atoms with Crippen molar-refractivity contribution >= 4 is 11.9 Å². The smallest absolute Gasteiger partial charge is 0.471 e. The summed E-state index contributed by atoms with van der Waals surface area (Å²) in [6.45, 7) is 3.98. The first-order valence-corrected chi connectivity index (χ1v) is 9.92. The van der Waals surface area contributed by atoms with Crippen LogP contribution in [0.15, 0.2) is 42.6 Å². The summed E-state index contributed by atoms with van der Waals surface area (Å²) in [6, 6.07) is 9.07. The third kappa shape index (κ3) is 7.92. The fraction of sp³-hybridized carbons (Fsp3) is 0.409. The summed E-state index contributed by atoms with van der Waals surface area (Å²) in [5, 5.41) is 1.69. The Balaban J connectivity index is 1.92. The van der Waals surface area contributed by atoms with Crippen LogP contribution in [0.5, 0.6) is 5.75 Å². The number of nitrogens with zero attached hydrogens (tertiary/aromatic N) is 1. The van der Waals surface area contributed by atoms with Crippen molar-refractivity contribution in [1.82, 2.24) is 10.3 Å². The zero-order valence-electron chi connectivity index (χ0n) is 17.4. The maximum atomic E-state index is 12.5. The molecule has 1 unspecified atom stereocenters. The highest BCUT2D eigenvalue weighted by Gasteiger charge is 2.41. The second-order valence-corrected chi connectivity index (χ2v) is 6.73. The molecule has 6 nitrogen and oxygen atoms in total. The van der Waals surface area contributed by atoms with E-state index in [4.69, 9.17) is 9.47 Å². The minimum atomic E-state index is -5.09. The number of halogens is 3. The van der Waals surface area contributed by atoms with Gasteiger partial charge in [0.1, 0.15) is 11.8 Å². The molecule has 0 radical (unpaired) electrons. The maximum absolute atomic E-state index is 12.5. The van der Waals surface area contributed by atoms with Gasteiger partial charge >= 0.3 is 18.1 Å². The number of aryl methyl sites for hydroxylation is 1. The molecule has 0 aliphatic rings. The summed E-state index contributed by atoms with van der Waals surface area (Å²) in [5.41, 5.74) is 2.61. The minimum Gasteiger partial charge on any atom is -0.493 e. The highest BCUT2D eigenvalue weighted by molar-refractivity contribution is 5.87. The van der Waals surface area contributed by atoms with Crippen molar-refractivity contribution in [3.8, 4) is 5.75 Å². The molecule has 1 atom stereocenters. The van der Waals surface area contributed by atoms with Crippen LogP contribution in [0.1, 0.15) is 30.7 Å². The van der Waals surface area contributed by atoms with E-state index in [0.29, 0.717) is 24.3 Å². The lowest BCUT2D eigenvalue weighted by molar-refractivity contribution is -0.175. The summed E-state index contributed by atoms with van der Waals surface area (Å²) in [5.74, 6) is -2.55. The van der Waals surface area contributed by atoms with E-state index in [1.807, 2.05) is 18.3 Å². The van der Waals surface area contributed by atoms with E-state index in [0.717, 1.165) is 17.7 Å². The monoisotopic (exact) mass is 438 g/mol. The van der Waals surface area contributed by atoms with Crippen LogP contribution in [-0.2, 0) is 33.6 Å². The number of carbonyl (C=O) groups is 2. The summed E-state index contributed by atoms with van der Waals surface area (Å²) >= 11 is 0. The minimum absolute atomic E-state index is 0.0139. The molecule has 168 valence electrons. The topological polar surface area (TPSA) is 77.5 Å². The second kappa shape index (κ2) is 11.3. The number of carbonyl (C=O) groups excluding carboxylic acids is 2. The summed E-state index contributed by atoms with van der Waals surface area (Å²) < 4.78 is 48.1. The van der Waals surface area contributed by atoms with Gasteiger partial charge in [0.2, 0.25) is 0 Å². The summed E-state index contributed by atoms with van der Waals surface area (Å²) in [4.78, 5) is 27.5. The first kappa shape index (κ1) is 24.2. The molecule has 9 heteroatoms. The van der Waals surface area contributed by atoms with Crippen molar-refractivity contribution in [2.75, 3.05) is 13.2 Å². The predicted molar refractivity (Wildman–Crippen MR) is 108 cm³/mol. The molecule has 1 amide bonds. The fourth-order valence-corrected chi connectivity index (χ4v) is 2.72. The van der Waals surface area contributed by atoms with Crippen LogP contribution in [0, 0.1) is 0 Å². The molecule has 0 aliphatic heterocycles. The van der Waals surface area contributed by atoms with Crippen LogP contribution in [0.25, 0.3) is 0 Å². The molecule has 2 aromatic rings. The van der Waals surface area contributed by atoms with Gasteiger partial charge in [0.05, 0.1) is 13.2 Å². The summed E-state index contributed by atoms with van der Waals surface area (Å²) in [6.07, 6.45) is -1.85. The van der Waals surface area contributed by atoms with Crippen molar-refractivity contribution in [2.24, 2.45) is 0 Å². The number of hydrogen-bond acceptors (Lipinski definition) is 5. The van der Waals surface area contributed by atoms with Gasteiger partial charge in [-0.1, -0.05) is 25.1 Å². The van der Waals surface area contributed by atoms with Gasteiger partial charge in [-0.25, -0.2) is 4.79 Å². The molecule has 0 spiro atoms. The Bertz CT molecular complexity index is 853. The van der Waals surface area contributed by atoms with Gasteiger partial charge in [0.25, 0.3) is 0 Å². The molecule has 0 saturated carbocycles. The summed E-state index contributed by atoms with van der Waals surface area (Å²) in [7, 11) is 0. The van der Waals surface area contributed by atoms with E-state index in [-0.39, 0.29) is 13.0 Å². The lowest BCUT2D eigenvalue weighted by Gasteiger charge is -2.18. The van der Waals surface area contributed by atoms with Gasteiger partial charge in [-0.2, -0.15) is 13.2 Å². The van der Waals surface area contributed by atoms with Crippen molar-refractivity contribution in [1.29, 1.82) is 0 Å². The number of benzene rings is 1. The second-order valence-electron chi connectivity index (χ2n) is 6.73. The van der Waals surface area contributed by atoms with Gasteiger partial charge in [-0.3, -0.25) is 9.78 Å². The number of alkyl halides is 3. The van der Waals surface area contributed by atoms with Crippen molar-refractivity contribution < 1.29 is 32.2 Å². The van der Waals surface area contributed by atoms with Crippen molar-refractivity contribution in [3.05, 3.63) is 59.4 Å². The Kier molecular flexibility index (Phi) is 8.84. The lowest BCUT2D eigenvalue weighted by atomic mass is 10.1. The normalized spacial score (nSPS) is 12.2. The molecule has 0 aliphatic carbocycles. The zero-order valence-corrected chi connectivity index (χ0v) is 17.4. The quantitative estimate of drug-likeness (QED) is 0.576. The number of esters is 1. The first-order valence-electron chi connectivity index (χ1n) is 9.92. The zero-order chi connectivity index (χ0) is 22.9. The third-order valence-corrected chi connectivity index (χ3v) is 4.42. The van der Waals surface area contributed by atoms with E-state index in [1.54, 1.807) is 29.6 Å². The van der Waals surface area contributed by atoms with Crippen LogP contribution < -0.4 is 10.1 Å². The van der Waals surface area contributed by atoms with Crippen LogP contribution in [-0.4, -0.2) is 42.3 Å². The van der Waals surface area contributed by atoms with Crippen LogP contribution >= 0.6 is 0 Å².